The molecule has 0 heterocycles. The Morgan fingerprint density at radius 2 is 1.73 bits per heavy atom. The van der Waals surface area contributed by atoms with Crippen LogP contribution in [0, 0.1) is 0 Å². The van der Waals surface area contributed by atoms with Gasteiger partial charge in [-0.2, -0.15) is 0 Å². The molecule has 0 fully saturated rings. The van der Waals surface area contributed by atoms with Crippen LogP contribution in [0.5, 0.6) is 0 Å². The zero-order valence-electron chi connectivity index (χ0n) is 17.0. The van der Waals surface area contributed by atoms with Gasteiger partial charge in [0.05, 0.1) is 5.75 Å². The Balaban J connectivity index is 2.18. The van der Waals surface area contributed by atoms with Crippen LogP contribution in [0.25, 0.3) is 0 Å². The quantitative estimate of drug-likeness (QED) is 0.459. The predicted molar refractivity (Wildman–Crippen MR) is 127 cm³/mol. The van der Waals surface area contributed by atoms with Crippen molar-refractivity contribution in [1.82, 2.24) is 10.2 Å². The summed E-state index contributed by atoms with van der Waals surface area (Å²) in [6.07, 6.45) is 0.485. The Morgan fingerprint density at radius 1 is 1.07 bits per heavy atom. The van der Waals surface area contributed by atoms with Gasteiger partial charge in [0.15, 0.2) is 0 Å². The van der Waals surface area contributed by atoms with E-state index in [9.17, 15) is 9.59 Å². The van der Waals surface area contributed by atoms with Crippen molar-refractivity contribution in [3.05, 3.63) is 68.7 Å². The lowest BCUT2D eigenvalue weighted by molar-refractivity contribution is -0.139. The molecule has 2 amide bonds. The van der Waals surface area contributed by atoms with E-state index >= 15 is 0 Å². The van der Waals surface area contributed by atoms with Crippen molar-refractivity contribution in [2.45, 2.75) is 38.6 Å². The molecule has 2 aromatic rings. The van der Waals surface area contributed by atoms with Crippen molar-refractivity contribution in [3.8, 4) is 0 Å². The Labute approximate surface area is 197 Å². The van der Waals surface area contributed by atoms with Gasteiger partial charge in [0.25, 0.3) is 0 Å². The SMILES string of the molecule is CCNC(=O)[C@@H](CC)N(Cc1c(Cl)cccc1Cl)C(=O)CSCc1cccc(Cl)c1. The molecule has 8 heteroatoms. The van der Waals surface area contributed by atoms with Gasteiger partial charge in [0.1, 0.15) is 6.04 Å². The van der Waals surface area contributed by atoms with Crippen molar-refractivity contribution in [1.29, 1.82) is 0 Å². The molecule has 0 radical (unpaired) electrons. The molecule has 1 N–H and O–H groups in total. The summed E-state index contributed by atoms with van der Waals surface area (Å²) in [6.45, 7) is 4.40. The van der Waals surface area contributed by atoms with Gasteiger partial charge in [0, 0.05) is 39.5 Å². The number of likely N-dealkylation sites (N-methyl/N-ethyl adjacent to an activating group) is 1. The number of carbonyl (C=O) groups excluding carboxylic acids is 2. The molecule has 2 aromatic carbocycles. The van der Waals surface area contributed by atoms with Crippen LogP contribution in [-0.4, -0.2) is 35.1 Å². The molecule has 1 atom stereocenters. The van der Waals surface area contributed by atoms with Gasteiger partial charge in [-0.15, -0.1) is 11.8 Å². The zero-order valence-corrected chi connectivity index (χ0v) is 20.0. The number of halogens is 3. The van der Waals surface area contributed by atoms with Gasteiger partial charge < -0.3 is 10.2 Å². The molecule has 0 spiro atoms. The standard InChI is InChI=1S/C22H25Cl3N2O2S/c1-3-20(22(29)26-4-2)27(12-17-18(24)9-6-10-19(17)25)21(28)14-30-13-15-7-5-8-16(23)11-15/h5-11,20H,3-4,12-14H2,1-2H3,(H,26,29)/t20-/m1/s1. The first-order valence-electron chi connectivity index (χ1n) is 9.69. The minimum atomic E-state index is -0.600. The maximum absolute atomic E-state index is 13.1. The molecule has 0 aliphatic carbocycles. The number of nitrogens with one attached hydrogen (secondary N) is 1. The smallest absolute Gasteiger partial charge is 0.242 e. The van der Waals surface area contributed by atoms with Gasteiger partial charge >= 0.3 is 0 Å². The molecular formula is C22H25Cl3N2O2S. The summed E-state index contributed by atoms with van der Waals surface area (Å²) >= 11 is 20.2. The monoisotopic (exact) mass is 486 g/mol. The first kappa shape index (κ1) is 24.9. The summed E-state index contributed by atoms with van der Waals surface area (Å²) in [5, 5.41) is 4.42. The number of amides is 2. The van der Waals surface area contributed by atoms with E-state index in [0.29, 0.717) is 39.3 Å². The Hall–Kier alpha value is -1.40. The molecule has 2 rings (SSSR count). The molecule has 0 aliphatic rings. The van der Waals surface area contributed by atoms with Crippen LogP contribution in [0.4, 0.5) is 0 Å². The molecule has 4 nitrogen and oxygen atoms in total. The Bertz CT molecular complexity index is 859. The maximum atomic E-state index is 13.1. The lowest BCUT2D eigenvalue weighted by Gasteiger charge is -2.31. The van der Waals surface area contributed by atoms with Gasteiger partial charge in [-0.05, 0) is 43.2 Å². The number of rotatable bonds is 10. The zero-order chi connectivity index (χ0) is 22.1. The number of nitrogens with zero attached hydrogens (tertiary/aromatic N) is 1. The van der Waals surface area contributed by atoms with Crippen LogP contribution in [0.3, 0.4) is 0 Å². The van der Waals surface area contributed by atoms with E-state index in [-0.39, 0.29) is 24.1 Å². The van der Waals surface area contributed by atoms with Crippen LogP contribution in [0.15, 0.2) is 42.5 Å². The summed E-state index contributed by atoms with van der Waals surface area (Å²) in [6, 6.07) is 12.2. The van der Waals surface area contributed by atoms with E-state index in [2.05, 4.69) is 5.32 Å². The topological polar surface area (TPSA) is 49.4 Å². The highest BCUT2D eigenvalue weighted by atomic mass is 35.5. The third-order valence-corrected chi connectivity index (χ3v) is 6.44. The lowest BCUT2D eigenvalue weighted by atomic mass is 10.1. The Kier molecular flexibility index (Phi) is 10.3. The first-order chi connectivity index (χ1) is 14.4. The highest BCUT2D eigenvalue weighted by Crippen LogP contribution is 2.27. The van der Waals surface area contributed by atoms with Crippen molar-refractivity contribution in [2.75, 3.05) is 12.3 Å². The molecule has 0 bridgehead atoms. The van der Waals surface area contributed by atoms with Gasteiger partial charge in [-0.3, -0.25) is 9.59 Å². The van der Waals surface area contributed by atoms with E-state index in [0.717, 1.165) is 5.56 Å². The lowest BCUT2D eigenvalue weighted by Crippen LogP contribution is -2.49. The summed E-state index contributed by atoms with van der Waals surface area (Å²) < 4.78 is 0. The molecule has 0 aromatic heterocycles. The highest BCUT2D eigenvalue weighted by Gasteiger charge is 2.29. The summed E-state index contributed by atoms with van der Waals surface area (Å²) in [7, 11) is 0. The van der Waals surface area contributed by atoms with Gasteiger partial charge in [-0.1, -0.05) is 59.9 Å². The summed E-state index contributed by atoms with van der Waals surface area (Å²) in [5.41, 5.74) is 1.67. The molecule has 30 heavy (non-hydrogen) atoms. The normalized spacial score (nSPS) is 11.8. The maximum Gasteiger partial charge on any atom is 0.242 e. The van der Waals surface area contributed by atoms with Crippen molar-refractivity contribution < 1.29 is 9.59 Å². The molecular weight excluding hydrogens is 463 g/mol. The van der Waals surface area contributed by atoms with Crippen LogP contribution in [0.1, 0.15) is 31.4 Å². The summed E-state index contributed by atoms with van der Waals surface area (Å²) in [4.78, 5) is 27.3. The van der Waals surface area contributed by atoms with Gasteiger partial charge in [-0.25, -0.2) is 0 Å². The van der Waals surface area contributed by atoms with Crippen molar-refractivity contribution in [2.24, 2.45) is 0 Å². The number of thioether (sulfide) groups is 1. The van der Waals surface area contributed by atoms with Crippen molar-refractivity contribution in [3.63, 3.8) is 0 Å². The molecule has 162 valence electrons. The average molecular weight is 488 g/mol. The molecule has 0 unspecified atom stereocenters. The fourth-order valence-corrected chi connectivity index (χ4v) is 4.62. The highest BCUT2D eigenvalue weighted by molar-refractivity contribution is 7.99. The fraction of sp³-hybridized carbons (Fsp3) is 0.364. The average Bonchev–Trinajstić information content (AvgIpc) is 2.70. The summed E-state index contributed by atoms with van der Waals surface area (Å²) in [5.74, 6) is 0.544. The van der Waals surface area contributed by atoms with E-state index < -0.39 is 6.04 Å². The Morgan fingerprint density at radius 3 is 2.33 bits per heavy atom. The van der Waals surface area contributed by atoms with E-state index in [1.807, 2.05) is 38.1 Å². The van der Waals surface area contributed by atoms with Crippen LogP contribution in [0.2, 0.25) is 15.1 Å². The molecule has 0 saturated carbocycles. The molecule has 0 aliphatic heterocycles. The number of carbonyl (C=O) groups is 2. The molecule has 0 saturated heterocycles. The van der Waals surface area contributed by atoms with E-state index in [4.69, 9.17) is 34.8 Å². The van der Waals surface area contributed by atoms with E-state index in [1.54, 1.807) is 23.1 Å². The minimum Gasteiger partial charge on any atom is -0.355 e. The number of hydrogen-bond acceptors (Lipinski definition) is 3. The van der Waals surface area contributed by atoms with Crippen LogP contribution < -0.4 is 5.32 Å². The third-order valence-electron chi connectivity index (χ3n) is 4.51. The van der Waals surface area contributed by atoms with Crippen molar-refractivity contribution >= 4 is 58.4 Å². The largest absolute Gasteiger partial charge is 0.355 e. The predicted octanol–water partition coefficient (Wildman–Crippen LogP) is 5.82. The minimum absolute atomic E-state index is 0.142. The second-order valence-corrected chi connectivity index (χ2v) is 8.90. The second-order valence-electron chi connectivity index (χ2n) is 6.66. The third kappa shape index (κ3) is 7.09. The fourth-order valence-electron chi connectivity index (χ4n) is 3.03. The number of benzene rings is 2. The second kappa shape index (κ2) is 12.5. The first-order valence-corrected chi connectivity index (χ1v) is 12.0. The van der Waals surface area contributed by atoms with Crippen LogP contribution >= 0.6 is 46.6 Å². The number of hydrogen-bond donors (Lipinski definition) is 1. The van der Waals surface area contributed by atoms with E-state index in [1.165, 1.54) is 11.8 Å². The van der Waals surface area contributed by atoms with Crippen LogP contribution in [-0.2, 0) is 21.9 Å². The van der Waals surface area contributed by atoms with Gasteiger partial charge in [0.2, 0.25) is 11.8 Å².